The second-order valence-corrected chi connectivity index (χ2v) is 6.68. The van der Waals surface area contributed by atoms with E-state index in [0.29, 0.717) is 29.4 Å². The summed E-state index contributed by atoms with van der Waals surface area (Å²) in [7, 11) is 0. The molecule has 2 aromatic heterocycles. The monoisotopic (exact) mass is 320 g/mol. The number of pyridine rings is 1. The molecule has 0 radical (unpaired) electrons. The molecule has 1 N–H and O–H groups in total. The van der Waals surface area contributed by atoms with Crippen molar-refractivity contribution in [3.8, 4) is 6.07 Å². The van der Waals surface area contributed by atoms with Gasteiger partial charge in [-0.1, -0.05) is 11.6 Å². The molecule has 0 aliphatic carbocycles. The Labute approximate surface area is 130 Å². The summed E-state index contributed by atoms with van der Waals surface area (Å²) in [5.74, 6) is 1.91. The molecule has 0 saturated carbocycles. The summed E-state index contributed by atoms with van der Waals surface area (Å²) in [6.07, 6.45) is 3.60. The van der Waals surface area contributed by atoms with Gasteiger partial charge in [-0.3, -0.25) is 4.79 Å². The van der Waals surface area contributed by atoms with Crippen LogP contribution in [0, 0.1) is 11.3 Å². The highest BCUT2D eigenvalue weighted by Crippen LogP contribution is 2.36. The molecule has 108 valence electrons. The average Bonchev–Trinajstić information content (AvgIpc) is 2.73. The van der Waals surface area contributed by atoms with E-state index in [9.17, 15) is 10.1 Å². The van der Waals surface area contributed by atoms with Gasteiger partial charge in [-0.15, -0.1) is 0 Å². The molecule has 2 aromatic rings. The molecule has 5 nitrogen and oxygen atoms in total. The van der Waals surface area contributed by atoms with Crippen molar-refractivity contribution in [2.45, 2.75) is 24.7 Å². The summed E-state index contributed by atoms with van der Waals surface area (Å²) in [5, 5.41) is 10.6. The maximum Gasteiger partial charge on any atom is 0.254 e. The van der Waals surface area contributed by atoms with Crippen molar-refractivity contribution >= 4 is 34.4 Å². The molecule has 0 spiro atoms. The number of hydrogen-bond acceptors (Lipinski definition) is 5. The van der Waals surface area contributed by atoms with Gasteiger partial charge < -0.3 is 4.98 Å². The normalized spacial score (nSPS) is 22.7. The lowest BCUT2D eigenvalue weighted by Crippen LogP contribution is -2.32. The molecule has 1 unspecified atom stereocenters. The van der Waals surface area contributed by atoms with E-state index in [4.69, 9.17) is 11.6 Å². The van der Waals surface area contributed by atoms with Crippen LogP contribution in [0.25, 0.3) is 11.0 Å². The lowest BCUT2D eigenvalue weighted by atomic mass is 9.76. The average molecular weight is 321 g/mol. The van der Waals surface area contributed by atoms with Crippen LogP contribution < -0.4 is 5.56 Å². The van der Waals surface area contributed by atoms with Crippen LogP contribution in [0.3, 0.4) is 0 Å². The number of halogens is 1. The lowest BCUT2D eigenvalue weighted by Gasteiger charge is -2.24. The summed E-state index contributed by atoms with van der Waals surface area (Å²) < 4.78 is 0. The highest BCUT2D eigenvalue weighted by molar-refractivity contribution is 7.99. The topological polar surface area (TPSA) is 82.4 Å². The van der Waals surface area contributed by atoms with Gasteiger partial charge in [-0.05, 0) is 36.8 Å². The van der Waals surface area contributed by atoms with E-state index in [0.717, 1.165) is 17.9 Å². The predicted octanol–water partition coefficient (Wildman–Crippen LogP) is 2.65. The maximum absolute atomic E-state index is 12.4. The molecular weight excluding hydrogens is 308 g/mol. The minimum Gasteiger partial charge on any atom is -0.306 e. The van der Waals surface area contributed by atoms with Crippen LogP contribution in [0.4, 0.5) is 0 Å². The van der Waals surface area contributed by atoms with Gasteiger partial charge in [0.1, 0.15) is 17.1 Å². The summed E-state index contributed by atoms with van der Waals surface area (Å²) in [6, 6.07) is 4.07. The van der Waals surface area contributed by atoms with E-state index in [1.807, 2.05) is 11.8 Å². The maximum atomic E-state index is 12.4. The SMILES string of the molecule is N#CC1(c2cc3c(Cl)ncnc3[nH]c2=O)CCCSCC1. The van der Waals surface area contributed by atoms with Crippen LogP contribution in [0.15, 0.2) is 17.2 Å². The fourth-order valence-corrected chi connectivity index (χ4v) is 3.97. The van der Waals surface area contributed by atoms with Gasteiger partial charge in [0, 0.05) is 5.56 Å². The third-order valence-corrected chi connectivity index (χ3v) is 5.27. The van der Waals surface area contributed by atoms with Gasteiger partial charge in [0.05, 0.1) is 16.9 Å². The number of hydrogen-bond donors (Lipinski definition) is 1. The third kappa shape index (κ3) is 2.52. The van der Waals surface area contributed by atoms with Crippen molar-refractivity contribution in [1.82, 2.24) is 15.0 Å². The van der Waals surface area contributed by atoms with Gasteiger partial charge in [0.25, 0.3) is 5.56 Å². The number of thioether (sulfide) groups is 1. The first-order chi connectivity index (χ1) is 10.2. The predicted molar refractivity (Wildman–Crippen MR) is 83.6 cm³/mol. The van der Waals surface area contributed by atoms with E-state index in [1.54, 1.807) is 6.07 Å². The number of aromatic amines is 1. The Balaban J connectivity index is 2.23. The van der Waals surface area contributed by atoms with Crippen molar-refractivity contribution in [3.05, 3.63) is 33.5 Å². The van der Waals surface area contributed by atoms with Gasteiger partial charge in [-0.2, -0.15) is 17.0 Å². The molecule has 21 heavy (non-hydrogen) atoms. The lowest BCUT2D eigenvalue weighted by molar-refractivity contribution is 0.488. The van der Waals surface area contributed by atoms with Crippen molar-refractivity contribution in [2.75, 3.05) is 11.5 Å². The Morgan fingerprint density at radius 2 is 2.24 bits per heavy atom. The Bertz CT molecular complexity index is 775. The minimum absolute atomic E-state index is 0.259. The number of H-pyrrole nitrogens is 1. The summed E-state index contributed by atoms with van der Waals surface area (Å²) in [4.78, 5) is 23.1. The van der Waals surface area contributed by atoms with Crippen LogP contribution in [0.1, 0.15) is 24.8 Å². The van der Waals surface area contributed by atoms with E-state index in [2.05, 4.69) is 21.0 Å². The molecule has 7 heteroatoms. The molecule has 1 fully saturated rings. The Hall–Kier alpha value is -1.58. The zero-order valence-electron chi connectivity index (χ0n) is 11.2. The van der Waals surface area contributed by atoms with Gasteiger partial charge in [0.2, 0.25) is 0 Å². The molecule has 1 aliphatic rings. The summed E-state index contributed by atoms with van der Waals surface area (Å²) in [6.45, 7) is 0. The number of nitrogens with zero attached hydrogens (tertiary/aromatic N) is 3. The van der Waals surface area contributed by atoms with Gasteiger partial charge >= 0.3 is 0 Å². The number of nitriles is 1. The Morgan fingerprint density at radius 3 is 3.05 bits per heavy atom. The second kappa shape index (κ2) is 5.66. The third-order valence-electron chi connectivity index (χ3n) is 3.90. The molecule has 1 atom stereocenters. The zero-order valence-corrected chi connectivity index (χ0v) is 12.8. The van der Waals surface area contributed by atoms with Gasteiger partial charge in [0.15, 0.2) is 0 Å². The van der Waals surface area contributed by atoms with E-state index in [1.165, 1.54) is 6.33 Å². The van der Waals surface area contributed by atoms with Crippen molar-refractivity contribution in [3.63, 3.8) is 0 Å². The molecule has 3 rings (SSSR count). The second-order valence-electron chi connectivity index (χ2n) is 5.10. The van der Waals surface area contributed by atoms with Gasteiger partial charge in [-0.25, -0.2) is 9.97 Å². The first-order valence-electron chi connectivity index (χ1n) is 6.69. The standard InChI is InChI=1S/C14H13ClN4OS/c15-11-9-6-10(13(20)19-12(9)18-8-17-11)14(7-16)2-1-4-21-5-3-14/h6,8H,1-5H2,(H,17,18,19,20). The number of nitrogens with one attached hydrogen (secondary N) is 1. The minimum atomic E-state index is -0.746. The molecule has 0 amide bonds. The zero-order chi connectivity index (χ0) is 14.9. The Kier molecular flexibility index (Phi) is 3.87. The summed E-state index contributed by atoms with van der Waals surface area (Å²) >= 11 is 7.91. The van der Waals surface area contributed by atoms with E-state index in [-0.39, 0.29) is 10.7 Å². The largest absolute Gasteiger partial charge is 0.306 e. The first-order valence-corrected chi connectivity index (χ1v) is 8.22. The highest BCUT2D eigenvalue weighted by atomic mass is 35.5. The number of rotatable bonds is 1. The van der Waals surface area contributed by atoms with Crippen molar-refractivity contribution < 1.29 is 0 Å². The molecule has 3 heterocycles. The Morgan fingerprint density at radius 1 is 1.38 bits per heavy atom. The van der Waals surface area contributed by atoms with Crippen LogP contribution in [-0.4, -0.2) is 26.5 Å². The molecular formula is C14H13ClN4OS. The highest BCUT2D eigenvalue weighted by Gasteiger charge is 2.36. The quantitative estimate of drug-likeness (QED) is 0.817. The molecule has 0 bridgehead atoms. The number of aromatic nitrogens is 3. The van der Waals surface area contributed by atoms with E-state index >= 15 is 0 Å². The fourth-order valence-electron chi connectivity index (χ4n) is 2.73. The molecule has 1 aliphatic heterocycles. The van der Waals surface area contributed by atoms with Crippen molar-refractivity contribution in [1.29, 1.82) is 5.26 Å². The smallest absolute Gasteiger partial charge is 0.254 e. The van der Waals surface area contributed by atoms with Crippen LogP contribution in [0.5, 0.6) is 0 Å². The fraction of sp³-hybridized carbons (Fsp3) is 0.429. The van der Waals surface area contributed by atoms with E-state index < -0.39 is 5.41 Å². The van der Waals surface area contributed by atoms with Crippen LogP contribution in [-0.2, 0) is 5.41 Å². The number of fused-ring (bicyclic) bond motifs is 1. The first kappa shape index (κ1) is 14.4. The van der Waals surface area contributed by atoms with Crippen LogP contribution in [0.2, 0.25) is 5.15 Å². The molecule has 0 aromatic carbocycles. The summed E-state index contributed by atoms with van der Waals surface area (Å²) in [5.41, 5.74) is -0.119. The van der Waals surface area contributed by atoms with Crippen LogP contribution >= 0.6 is 23.4 Å². The molecule has 1 saturated heterocycles. The van der Waals surface area contributed by atoms with Crippen molar-refractivity contribution in [2.24, 2.45) is 0 Å².